The molecule has 0 aliphatic rings. The van der Waals surface area contributed by atoms with Gasteiger partial charge in [0.1, 0.15) is 0 Å². The second-order valence-corrected chi connectivity index (χ2v) is 4.24. The van der Waals surface area contributed by atoms with Crippen molar-refractivity contribution in [2.75, 3.05) is 6.54 Å². The van der Waals surface area contributed by atoms with Gasteiger partial charge in [0, 0.05) is 12.5 Å². The van der Waals surface area contributed by atoms with Gasteiger partial charge >= 0.3 is 5.97 Å². The molecule has 0 rings (SSSR count). The summed E-state index contributed by atoms with van der Waals surface area (Å²) < 4.78 is 0. The Balaban J connectivity index is 4.11. The van der Waals surface area contributed by atoms with E-state index in [0.717, 1.165) is 6.42 Å². The third kappa shape index (κ3) is 4.81. The lowest BCUT2D eigenvalue weighted by molar-refractivity contribution is -0.143. The number of hydrogen-bond donors (Lipinski definition) is 2. The van der Waals surface area contributed by atoms with Gasteiger partial charge in [0.05, 0.1) is 5.92 Å². The van der Waals surface area contributed by atoms with Crippen LogP contribution >= 0.6 is 0 Å². The second kappa shape index (κ2) is 6.43. The smallest absolute Gasteiger partial charge is 0.308 e. The van der Waals surface area contributed by atoms with E-state index in [1.165, 1.54) is 0 Å². The van der Waals surface area contributed by atoms with Crippen molar-refractivity contribution in [2.24, 2.45) is 17.8 Å². The van der Waals surface area contributed by atoms with E-state index < -0.39 is 11.9 Å². The Labute approximate surface area is 91.1 Å². The molecule has 4 nitrogen and oxygen atoms in total. The molecule has 88 valence electrons. The normalized spacial score (nSPS) is 14.7. The summed E-state index contributed by atoms with van der Waals surface area (Å²) in [6, 6.07) is 0. The van der Waals surface area contributed by atoms with E-state index >= 15 is 0 Å². The highest BCUT2D eigenvalue weighted by molar-refractivity contribution is 5.79. The Hall–Kier alpha value is -1.06. The summed E-state index contributed by atoms with van der Waals surface area (Å²) >= 11 is 0. The van der Waals surface area contributed by atoms with Crippen LogP contribution in [0.3, 0.4) is 0 Å². The fourth-order valence-corrected chi connectivity index (χ4v) is 1.18. The number of carboxylic acids is 1. The fourth-order valence-electron chi connectivity index (χ4n) is 1.18. The van der Waals surface area contributed by atoms with Gasteiger partial charge in [-0.05, 0) is 12.3 Å². The first-order valence-corrected chi connectivity index (χ1v) is 5.40. The maximum Gasteiger partial charge on any atom is 0.308 e. The van der Waals surface area contributed by atoms with Crippen LogP contribution in [0.1, 0.15) is 34.1 Å². The maximum atomic E-state index is 11.4. The van der Waals surface area contributed by atoms with Crippen molar-refractivity contribution in [2.45, 2.75) is 34.1 Å². The number of carboxylic acid groups (broad SMARTS) is 1. The predicted octanol–water partition coefficient (Wildman–Crippen LogP) is 1.51. The van der Waals surface area contributed by atoms with Gasteiger partial charge in [-0.25, -0.2) is 0 Å². The van der Waals surface area contributed by atoms with Crippen molar-refractivity contribution in [3.05, 3.63) is 0 Å². The first-order valence-electron chi connectivity index (χ1n) is 5.40. The summed E-state index contributed by atoms with van der Waals surface area (Å²) in [5, 5.41) is 11.6. The highest BCUT2D eigenvalue weighted by atomic mass is 16.4. The summed E-state index contributed by atoms with van der Waals surface area (Å²) in [5.74, 6) is -1.44. The van der Waals surface area contributed by atoms with Crippen molar-refractivity contribution in [1.29, 1.82) is 0 Å². The Morgan fingerprint density at radius 1 is 1.27 bits per heavy atom. The van der Waals surface area contributed by atoms with E-state index in [0.29, 0.717) is 0 Å². The number of aliphatic carboxylic acids is 1. The van der Waals surface area contributed by atoms with Gasteiger partial charge in [-0.15, -0.1) is 0 Å². The molecular weight excluding hydrogens is 194 g/mol. The van der Waals surface area contributed by atoms with Crippen molar-refractivity contribution in [3.63, 3.8) is 0 Å². The van der Waals surface area contributed by atoms with E-state index in [4.69, 9.17) is 5.11 Å². The molecule has 0 radical (unpaired) electrons. The van der Waals surface area contributed by atoms with E-state index in [1.807, 2.05) is 27.7 Å². The van der Waals surface area contributed by atoms with Gasteiger partial charge in [0.2, 0.25) is 5.91 Å². The minimum Gasteiger partial charge on any atom is -0.481 e. The van der Waals surface area contributed by atoms with Crippen LogP contribution < -0.4 is 5.32 Å². The van der Waals surface area contributed by atoms with Crippen LogP contribution in [0.15, 0.2) is 0 Å². The maximum absolute atomic E-state index is 11.4. The molecular formula is C11H21NO3. The lowest BCUT2D eigenvalue weighted by Gasteiger charge is -2.18. The molecule has 2 unspecified atom stereocenters. The van der Waals surface area contributed by atoms with E-state index in [-0.39, 0.29) is 24.3 Å². The summed E-state index contributed by atoms with van der Waals surface area (Å²) in [6.07, 6.45) is 0.769. The van der Waals surface area contributed by atoms with Crippen molar-refractivity contribution in [3.8, 4) is 0 Å². The number of nitrogens with one attached hydrogen (secondary N) is 1. The third-order valence-electron chi connectivity index (χ3n) is 2.68. The number of amides is 1. The first-order chi connectivity index (χ1) is 6.90. The molecule has 0 aliphatic carbocycles. The van der Waals surface area contributed by atoms with Crippen LogP contribution in [-0.4, -0.2) is 23.5 Å². The molecule has 1 amide bonds. The van der Waals surface area contributed by atoms with Crippen LogP contribution in [0.5, 0.6) is 0 Å². The lowest BCUT2D eigenvalue weighted by Crippen LogP contribution is -2.37. The molecule has 0 spiro atoms. The molecule has 0 aliphatic heterocycles. The zero-order valence-corrected chi connectivity index (χ0v) is 9.91. The van der Waals surface area contributed by atoms with E-state index in [1.54, 1.807) is 0 Å². The average Bonchev–Trinajstić information content (AvgIpc) is 2.15. The molecule has 0 saturated carbocycles. The molecule has 0 heterocycles. The molecule has 0 aromatic rings. The van der Waals surface area contributed by atoms with Crippen LogP contribution in [-0.2, 0) is 9.59 Å². The minimum atomic E-state index is -0.852. The van der Waals surface area contributed by atoms with Crippen LogP contribution in [0.2, 0.25) is 0 Å². The molecule has 0 aromatic heterocycles. The highest BCUT2D eigenvalue weighted by Gasteiger charge is 2.22. The van der Waals surface area contributed by atoms with Gasteiger partial charge in [-0.1, -0.05) is 27.7 Å². The van der Waals surface area contributed by atoms with Gasteiger partial charge in [0.15, 0.2) is 0 Å². The standard InChI is InChI=1S/C11H21NO3/c1-5-8(4)10(13)12-6-9(7(2)3)11(14)15/h7-9H,5-6H2,1-4H3,(H,12,13)(H,14,15). The zero-order valence-electron chi connectivity index (χ0n) is 9.91. The summed E-state index contributed by atoms with van der Waals surface area (Å²) in [4.78, 5) is 22.3. The average molecular weight is 215 g/mol. The first kappa shape index (κ1) is 13.9. The summed E-state index contributed by atoms with van der Waals surface area (Å²) in [7, 11) is 0. The van der Waals surface area contributed by atoms with Crippen LogP contribution in [0.4, 0.5) is 0 Å². The minimum absolute atomic E-state index is 0.0275. The monoisotopic (exact) mass is 215 g/mol. The van der Waals surface area contributed by atoms with Crippen molar-refractivity contribution < 1.29 is 14.7 Å². The quantitative estimate of drug-likeness (QED) is 0.705. The number of rotatable bonds is 6. The fraction of sp³-hybridized carbons (Fsp3) is 0.818. The number of hydrogen-bond acceptors (Lipinski definition) is 2. The Morgan fingerprint density at radius 2 is 1.80 bits per heavy atom. The van der Waals surface area contributed by atoms with Crippen LogP contribution in [0, 0.1) is 17.8 Å². The van der Waals surface area contributed by atoms with Gasteiger partial charge < -0.3 is 10.4 Å². The molecule has 2 atom stereocenters. The Morgan fingerprint density at radius 3 is 2.13 bits per heavy atom. The van der Waals surface area contributed by atoms with Crippen molar-refractivity contribution >= 4 is 11.9 Å². The van der Waals surface area contributed by atoms with E-state index in [2.05, 4.69) is 5.32 Å². The molecule has 2 N–H and O–H groups in total. The summed E-state index contributed by atoms with van der Waals surface area (Å²) in [5.41, 5.74) is 0. The largest absolute Gasteiger partial charge is 0.481 e. The van der Waals surface area contributed by atoms with Gasteiger partial charge in [-0.3, -0.25) is 9.59 Å². The highest BCUT2D eigenvalue weighted by Crippen LogP contribution is 2.10. The molecule has 0 bridgehead atoms. The zero-order chi connectivity index (χ0) is 12.0. The van der Waals surface area contributed by atoms with Gasteiger partial charge in [-0.2, -0.15) is 0 Å². The second-order valence-electron chi connectivity index (χ2n) is 4.24. The summed E-state index contributed by atoms with van der Waals surface area (Å²) in [6.45, 7) is 7.67. The third-order valence-corrected chi connectivity index (χ3v) is 2.68. The molecule has 4 heteroatoms. The number of carbonyl (C=O) groups is 2. The molecule has 0 saturated heterocycles. The van der Waals surface area contributed by atoms with Gasteiger partial charge in [0.25, 0.3) is 0 Å². The molecule has 15 heavy (non-hydrogen) atoms. The lowest BCUT2D eigenvalue weighted by atomic mass is 9.96. The number of carbonyl (C=O) groups excluding carboxylic acids is 1. The molecule has 0 aromatic carbocycles. The Kier molecular flexibility index (Phi) is 5.97. The molecule has 0 fully saturated rings. The van der Waals surface area contributed by atoms with E-state index in [9.17, 15) is 9.59 Å². The predicted molar refractivity (Wildman–Crippen MR) is 58.4 cm³/mol. The topological polar surface area (TPSA) is 66.4 Å². The van der Waals surface area contributed by atoms with Crippen LogP contribution in [0.25, 0.3) is 0 Å². The SMILES string of the molecule is CCC(C)C(=O)NCC(C(=O)O)C(C)C. The Bertz CT molecular complexity index is 226. The van der Waals surface area contributed by atoms with Crippen molar-refractivity contribution in [1.82, 2.24) is 5.32 Å².